The summed E-state index contributed by atoms with van der Waals surface area (Å²) in [5.41, 5.74) is 1.57. The van der Waals surface area contributed by atoms with E-state index >= 15 is 0 Å². The summed E-state index contributed by atoms with van der Waals surface area (Å²) >= 11 is 0. The molecule has 148 valence electrons. The molecule has 1 N–H and O–H groups in total. The van der Waals surface area contributed by atoms with Gasteiger partial charge in [0.2, 0.25) is 0 Å². The molecule has 1 aromatic heterocycles. The largest absolute Gasteiger partial charge is 0.422 e. The maximum atomic E-state index is 13.1. The van der Waals surface area contributed by atoms with Crippen LogP contribution in [-0.4, -0.2) is 49.2 Å². The SMILES string of the molecule is O=C(c1cccc(-c2cc3ccccc3oc2=O)c1)N1CCC2(CNCCO2)C1. The lowest BCUT2D eigenvalue weighted by Gasteiger charge is -2.34. The highest BCUT2D eigenvalue weighted by Gasteiger charge is 2.42. The van der Waals surface area contributed by atoms with Gasteiger partial charge in [0, 0.05) is 30.6 Å². The van der Waals surface area contributed by atoms with Crippen molar-refractivity contribution in [2.24, 2.45) is 0 Å². The van der Waals surface area contributed by atoms with Gasteiger partial charge in [-0.1, -0.05) is 30.3 Å². The molecule has 2 aromatic carbocycles. The van der Waals surface area contributed by atoms with Gasteiger partial charge in [-0.2, -0.15) is 0 Å². The van der Waals surface area contributed by atoms with Crippen molar-refractivity contribution in [1.82, 2.24) is 10.2 Å². The molecule has 0 aliphatic carbocycles. The van der Waals surface area contributed by atoms with Gasteiger partial charge in [0.05, 0.1) is 24.3 Å². The molecule has 1 spiro atoms. The van der Waals surface area contributed by atoms with E-state index in [2.05, 4.69) is 5.32 Å². The Hall–Kier alpha value is -2.96. The molecule has 3 aromatic rings. The average Bonchev–Trinajstić information content (AvgIpc) is 3.16. The minimum absolute atomic E-state index is 0.0388. The number of nitrogens with zero attached hydrogens (tertiary/aromatic N) is 1. The third-order valence-electron chi connectivity index (χ3n) is 5.80. The van der Waals surface area contributed by atoms with Gasteiger partial charge in [0.1, 0.15) is 5.58 Å². The summed E-state index contributed by atoms with van der Waals surface area (Å²) < 4.78 is 11.4. The van der Waals surface area contributed by atoms with Crippen molar-refractivity contribution in [3.63, 3.8) is 0 Å². The number of amides is 1. The number of carbonyl (C=O) groups is 1. The number of hydrogen-bond acceptors (Lipinski definition) is 5. The molecule has 1 atom stereocenters. The van der Waals surface area contributed by atoms with Crippen molar-refractivity contribution in [1.29, 1.82) is 0 Å². The Kier molecular flexibility index (Phi) is 4.45. The van der Waals surface area contributed by atoms with Crippen LogP contribution in [0.5, 0.6) is 0 Å². The van der Waals surface area contributed by atoms with Crippen molar-refractivity contribution in [3.05, 3.63) is 70.6 Å². The first-order valence-corrected chi connectivity index (χ1v) is 9.91. The van der Waals surface area contributed by atoms with Gasteiger partial charge in [-0.25, -0.2) is 4.79 Å². The first-order valence-electron chi connectivity index (χ1n) is 9.91. The van der Waals surface area contributed by atoms with Gasteiger partial charge in [0.15, 0.2) is 0 Å². The Bertz CT molecular complexity index is 1130. The normalized spacial score (nSPS) is 21.7. The van der Waals surface area contributed by atoms with Gasteiger partial charge in [-0.15, -0.1) is 0 Å². The average molecular weight is 390 g/mol. The van der Waals surface area contributed by atoms with E-state index < -0.39 is 5.63 Å². The first-order chi connectivity index (χ1) is 14.1. The number of hydrogen-bond donors (Lipinski definition) is 1. The highest BCUT2D eigenvalue weighted by molar-refractivity contribution is 5.96. The number of nitrogens with one attached hydrogen (secondary N) is 1. The number of likely N-dealkylation sites (tertiary alicyclic amines) is 1. The summed E-state index contributed by atoms with van der Waals surface area (Å²) in [6.45, 7) is 3.56. The molecule has 29 heavy (non-hydrogen) atoms. The van der Waals surface area contributed by atoms with Crippen LogP contribution in [0.2, 0.25) is 0 Å². The Balaban J connectivity index is 1.44. The first kappa shape index (κ1) is 18.1. The predicted molar refractivity (Wildman–Crippen MR) is 110 cm³/mol. The van der Waals surface area contributed by atoms with Crippen LogP contribution in [0.4, 0.5) is 0 Å². The zero-order valence-electron chi connectivity index (χ0n) is 16.0. The zero-order chi connectivity index (χ0) is 19.8. The van der Waals surface area contributed by atoms with Crippen LogP contribution >= 0.6 is 0 Å². The van der Waals surface area contributed by atoms with Crippen LogP contribution in [0, 0.1) is 0 Å². The standard InChI is InChI=1S/C23H22N2O4/c26-21(25-10-8-23(15-25)14-24-9-11-28-23)18-6-3-5-16(12-18)19-13-17-4-1-2-7-20(17)29-22(19)27/h1-7,12-13,24H,8-11,14-15H2. The van der Waals surface area contributed by atoms with Crippen molar-refractivity contribution in [2.75, 3.05) is 32.8 Å². The van der Waals surface area contributed by atoms with Crippen LogP contribution in [0.15, 0.2) is 63.8 Å². The molecule has 2 saturated heterocycles. The summed E-state index contributed by atoms with van der Waals surface area (Å²) in [5, 5.41) is 4.21. The fourth-order valence-corrected chi connectivity index (χ4v) is 4.25. The molecule has 6 heteroatoms. The van der Waals surface area contributed by atoms with Gasteiger partial charge < -0.3 is 19.4 Å². The summed E-state index contributed by atoms with van der Waals surface area (Å²) in [6.07, 6.45) is 0.833. The van der Waals surface area contributed by atoms with Crippen LogP contribution < -0.4 is 10.9 Å². The van der Waals surface area contributed by atoms with E-state index in [1.807, 2.05) is 41.3 Å². The molecule has 2 aliphatic heterocycles. The van der Waals surface area contributed by atoms with Crippen molar-refractivity contribution in [3.8, 4) is 11.1 Å². The van der Waals surface area contributed by atoms with E-state index in [1.165, 1.54) is 0 Å². The van der Waals surface area contributed by atoms with Crippen molar-refractivity contribution in [2.45, 2.75) is 12.0 Å². The van der Waals surface area contributed by atoms with Gasteiger partial charge in [-0.05, 0) is 36.2 Å². The Labute approximate surface area is 168 Å². The van der Waals surface area contributed by atoms with E-state index in [1.54, 1.807) is 18.2 Å². The number of rotatable bonds is 2. The smallest absolute Gasteiger partial charge is 0.344 e. The second kappa shape index (κ2) is 7.13. The zero-order valence-corrected chi connectivity index (χ0v) is 16.0. The molecule has 5 rings (SSSR count). The van der Waals surface area contributed by atoms with Crippen molar-refractivity contribution >= 4 is 16.9 Å². The number of fused-ring (bicyclic) bond motifs is 1. The third kappa shape index (κ3) is 3.34. The molecule has 3 heterocycles. The topological polar surface area (TPSA) is 71.8 Å². The highest BCUT2D eigenvalue weighted by Crippen LogP contribution is 2.28. The number of ether oxygens (including phenoxy) is 1. The number of para-hydroxylation sites is 1. The quantitative estimate of drug-likeness (QED) is 0.681. The predicted octanol–water partition coefficient (Wildman–Crippen LogP) is 2.66. The van der Waals surface area contributed by atoms with E-state index in [-0.39, 0.29) is 11.5 Å². The van der Waals surface area contributed by atoms with Crippen LogP contribution in [0.3, 0.4) is 0 Å². The Morgan fingerprint density at radius 2 is 2.00 bits per heavy atom. The van der Waals surface area contributed by atoms with Crippen LogP contribution in [0.25, 0.3) is 22.1 Å². The minimum Gasteiger partial charge on any atom is -0.422 e. The van der Waals surface area contributed by atoms with Gasteiger partial charge in [-0.3, -0.25) is 4.79 Å². The van der Waals surface area contributed by atoms with Gasteiger partial charge >= 0.3 is 5.63 Å². The van der Waals surface area contributed by atoms with Crippen molar-refractivity contribution < 1.29 is 13.9 Å². The monoisotopic (exact) mass is 390 g/mol. The fourth-order valence-electron chi connectivity index (χ4n) is 4.25. The lowest BCUT2D eigenvalue weighted by Crippen LogP contribution is -2.51. The Morgan fingerprint density at radius 1 is 1.10 bits per heavy atom. The molecule has 2 fully saturated rings. The molecular weight excluding hydrogens is 368 g/mol. The van der Waals surface area contributed by atoms with Crippen LogP contribution in [0.1, 0.15) is 16.8 Å². The maximum Gasteiger partial charge on any atom is 0.344 e. The summed E-state index contributed by atoms with van der Waals surface area (Å²) in [6, 6.07) is 16.4. The number of morpholine rings is 1. The summed E-state index contributed by atoms with van der Waals surface area (Å²) in [7, 11) is 0. The van der Waals surface area contributed by atoms with E-state index in [9.17, 15) is 9.59 Å². The third-order valence-corrected chi connectivity index (χ3v) is 5.80. The molecule has 0 bridgehead atoms. The molecule has 1 amide bonds. The molecule has 0 saturated carbocycles. The minimum atomic E-state index is -0.407. The summed E-state index contributed by atoms with van der Waals surface area (Å²) in [5.74, 6) is -0.0388. The number of carbonyl (C=O) groups excluding carboxylic acids is 1. The van der Waals surface area contributed by atoms with Crippen LogP contribution in [-0.2, 0) is 4.74 Å². The molecule has 6 nitrogen and oxygen atoms in total. The van der Waals surface area contributed by atoms with E-state index in [4.69, 9.17) is 9.15 Å². The highest BCUT2D eigenvalue weighted by atomic mass is 16.5. The fraction of sp³-hybridized carbons (Fsp3) is 0.304. The molecule has 1 unspecified atom stereocenters. The van der Waals surface area contributed by atoms with E-state index in [0.29, 0.717) is 42.0 Å². The number of benzene rings is 2. The molecular formula is C23H22N2O4. The lowest BCUT2D eigenvalue weighted by atomic mass is 10.0. The molecule has 2 aliphatic rings. The van der Waals surface area contributed by atoms with Gasteiger partial charge in [0.25, 0.3) is 5.91 Å². The van der Waals surface area contributed by atoms with E-state index in [0.717, 1.165) is 24.9 Å². The second-order valence-electron chi connectivity index (χ2n) is 7.75. The summed E-state index contributed by atoms with van der Waals surface area (Å²) in [4.78, 5) is 27.4. The lowest BCUT2D eigenvalue weighted by molar-refractivity contribution is -0.0559. The maximum absolute atomic E-state index is 13.1. The second-order valence-corrected chi connectivity index (χ2v) is 7.75. The molecule has 0 radical (unpaired) electrons. The Morgan fingerprint density at radius 3 is 2.86 bits per heavy atom.